The van der Waals surface area contributed by atoms with Crippen molar-refractivity contribution in [2.24, 2.45) is 0 Å². The Morgan fingerprint density at radius 2 is 0.784 bits per heavy atom. The van der Waals surface area contributed by atoms with Gasteiger partial charge in [0.25, 0.3) is 0 Å². The van der Waals surface area contributed by atoms with E-state index in [1.807, 2.05) is 6.07 Å². The standard InChI is InChI=1S/C69H43N5/c1-5-23-45(24-6-1)61-62(46-25-7-2-8-26-46)66(74-59-41-40-44-22-15-16-33-51(44)63(59)56-42-48-29-13-14-30-49(48)43-60(56)74)53-35-18-17-34-52(53)65(61)69-71-67(47-27-9-3-10-28-47)70-68(72-69)55-37-21-39-58-64(55)54-36-19-20-38-57(54)73(58)50-31-11-4-12-32-50/h1-43H. The van der Waals surface area contributed by atoms with Crippen LogP contribution in [0.25, 0.3) is 144 Å². The Labute approximate surface area is 426 Å². The van der Waals surface area contributed by atoms with Gasteiger partial charge in [0.1, 0.15) is 0 Å². The van der Waals surface area contributed by atoms with E-state index >= 15 is 0 Å². The summed E-state index contributed by atoms with van der Waals surface area (Å²) in [6.45, 7) is 0. The molecule has 12 aromatic carbocycles. The summed E-state index contributed by atoms with van der Waals surface area (Å²) >= 11 is 0. The molecule has 0 unspecified atom stereocenters. The molecule has 74 heavy (non-hydrogen) atoms. The van der Waals surface area contributed by atoms with Gasteiger partial charge < -0.3 is 9.13 Å². The molecule has 0 radical (unpaired) electrons. The second-order valence-electron chi connectivity index (χ2n) is 19.0. The van der Waals surface area contributed by atoms with Gasteiger partial charge in [0.05, 0.1) is 27.8 Å². The Kier molecular flexibility index (Phi) is 9.50. The van der Waals surface area contributed by atoms with E-state index in [0.717, 1.165) is 93.9 Å². The van der Waals surface area contributed by atoms with E-state index in [4.69, 9.17) is 15.0 Å². The quantitative estimate of drug-likeness (QED) is 0.160. The van der Waals surface area contributed by atoms with Crippen LogP contribution in [0, 0.1) is 0 Å². The highest BCUT2D eigenvalue weighted by Crippen LogP contribution is 2.51. The molecule has 3 aromatic heterocycles. The predicted octanol–water partition coefficient (Wildman–Crippen LogP) is 17.9. The van der Waals surface area contributed by atoms with E-state index in [1.165, 1.54) is 32.3 Å². The van der Waals surface area contributed by atoms with Gasteiger partial charge in [0.2, 0.25) is 0 Å². The van der Waals surface area contributed by atoms with Crippen molar-refractivity contribution in [2.75, 3.05) is 0 Å². The lowest BCUT2D eigenvalue weighted by molar-refractivity contribution is 1.08. The smallest absolute Gasteiger partial charge is 0.165 e. The summed E-state index contributed by atoms with van der Waals surface area (Å²) in [6, 6.07) is 93.6. The summed E-state index contributed by atoms with van der Waals surface area (Å²) < 4.78 is 4.89. The van der Waals surface area contributed by atoms with Gasteiger partial charge in [-0.25, -0.2) is 15.0 Å². The molecule has 0 amide bonds. The summed E-state index contributed by atoms with van der Waals surface area (Å²) in [6.07, 6.45) is 0. The van der Waals surface area contributed by atoms with Crippen LogP contribution in [0.2, 0.25) is 0 Å². The molecule has 0 N–H and O–H groups in total. The molecule has 0 aliphatic rings. The summed E-state index contributed by atoms with van der Waals surface area (Å²) in [5, 5.41) is 11.6. The van der Waals surface area contributed by atoms with Crippen molar-refractivity contribution in [3.8, 4) is 67.8 Å². The van der Waals surface area contributed by atoms with Crippen molar-refractivity contribution in [3.63, 3.8) is 0 Å². The maximum atomic E-state index is 5.73. The number of aromatic nitrogens is 5. The van der Waals surface area contributed by atoms with Crippen molar-refractivity contribution in [2.45, 2.75) is 0 Å². The second-order valence-corrected chi connectivity index (χ2v) is 19.0. The molecule has 0 saturated heterocycles. The molecule has 0 aliphatic carbocycles. The lowest BCUT2D eigenvalue weighted by Crippen LogP contribution is -2.06. The summed E-state index contributed by atoms with van der Waals surface area (Å²) in [7, 11) is 0. The van der Waals surface area contributed by atoms with Crippen LogP contribution < -0.4 is 0 Å². The fourth-order valence-electron chi connectivity index (χ4n) is 11.8. The van der Waals surface area contributed by atoms with Crippen LogP contribution in [0.4, 0.5) is 0 Å². The first kappa shape index (κ1) is 41.8. The van der Waals surface area contributed by atoms with Crippen LogP contribution in [0.15, 0.2) is 261 Å². The average molecular weight is 942 g/mol. The zero-order valence-corrected chi connectivity index (χ0v) is 40.1. The van der Waals surface area contributed by atoms with E-state index in [1.54, 1.807) is 0 Å². The number of hydrogen-bond donors (Lipinski definition) is 0. The van der Waals surface area contributed by atoms with Gasteiger partial charge >= 0.3 is 0 Å². The third-order valence-electron chi connectivity index (χ3n) is 14.9. The normalized spacial score (nSPS) is 11.8. The molecule has 0 atom stereocenters. The van der Waals surface area contributed by atoms with Crippen molar-refractivity contribution >= 4 is 75.9 Å². The first-order valence-corrected chi connectivity index (χ1v) is 25.2. The maximum absolute atomic E-state index is 5.73. The number of para-hydroxylation sites is 2. The maximum Gasteiger partial charge on any atom is 0.165 e. The Morgan fingerprint density at radius 1 is 0.257 bits per heavy atom. The third-order valence-corrected chi connectivity index (χ3v) is 14.9. The molecule has 3 heterocycles. The zero-order chi connectivity index (χ0) is 48.7. The van der Waals surface area contributed by atoms with Crippen LogP contribution in [0.3, 0.4) is 0 Å². The van der Waals surface area contributed by atoms with E-state index in [2.05, 4.69) is 264 Å². The van der Waals surface area contributed by atoms with Crippen LogP contribution in [0.5, 0.6) is 0 Å². The van der Waals surface area contributed by atoms with Crippen molar-refractivity contribution in [1.29, 1.82) is 0 Å². The molecule has 344 valence electrons. The highest BCUT2D eigenvalue weighted by atomic mass is 15.0. The fourth-order valence-corrected chi connectivity index (χ4v) is 11.8. The molecular weight excluding hydrogens is 899 g/mol. The number of rotatable bonds is 7. The van der Waals surface area contributed by atoms with Gasteiger partial charge in [-0.3, -0.25) is 0 Å². The first-order chi connectivity index (χ1) is 36.7. The van der Waals surface area contributed by atoms with Gasteiger partial charge in [-0.1, -0.05) is 218 Å². The van der Waals surface area contributed by atoms with Gasteiger partial charge in [-0.2, -0.15) is 0 Å². The summed E-state index contributed by atoms with van der Waals surface area (Å²) in [4.78, 5) is 16.8. The van der Waals surface area contributed by atoms with Crippen LogP contribution in [-0.2, 0) is 0 Å². The number of benzene rings is 12. The largest absolute Gasteiger partial charge is 0.309 e. The lowest BCUT2D eigenvalue weighted by Gasteiger charge is -2.25. The average Bonchev–Trinajstić information content (AvgIpc) is 4.02. The lowest BCUT2D eigenvalue weighted by atomic mass is 9.84. The predicted molar refractivity (Wildman–Crippen MR) is 308 cm³/mol. The molecule has 0 spiro atoms. The molecule has 5 heteroatoms. The Morgan fingerprint density at radius 3 is 1.51 bits per heavy atom. The minimum atomic E-state index is 0.593. The van der Waals surface area contributed by atoms with Crippen LogP contribution in [-0.4, -0.2) is 24.1 Å². The highest BCUT2D eigenvalue weighted by molar-refractivity contribution is 6.25. The molecule has 0 fully saturated rings. The molecule has 15 rings (SSSR count). The monoisotopic (exact) mass is 941 g/mol. The van der Waals surface area contributed by atoms with Crippen molar-refractivity contribution in [1.82, 2.24) is 24.1 Å². The van der Waals surface area contributed by atoms with E-state index in [-0.39, 0.29) is 0 Å². The number of nitrogens with zero attached hydrogens (tertiary/aromatic N) is 5. The SMILES string of the molecule is c1ccc(-c2nc(-c3c(-c4ccccc4)c(-c4ccccc4)c(-n4c5cc6ccccc6cc5c5c6ccccc6ccc54)c4ccccc34)nc(-c3cccc4c3c3ccccc3n4-c3ccccc3)n2)cc1. The fraction of sp³-hybridized carbons (Fsp3) is 0. The van der Waals surface area contributed by atoms with Gasteiger partial charge in [-0.05, 0) is 80.5 Å². The second kappa shape index (κ2) is 16.8. The Balaban J connectivity index is 1.12. The van der Waals surface area contributed by atoms with Crippen LogP contribution >= 0.6 is 0 Å². The molecule has 15 aromatic rings. The molecule has 0 saturated carbocycles. The first-order valence-electron chi connectivity index (χ1n) is 25.2. The van der Waals surface area contributed by atoms with Crippen LogP contribution in [0.1, 0.15) is 0 Å². The summed E-state index contributed by atoms with van der Waals surface area (Å²) in [5.41, 5.74) is 13.7. The molecule has 0 aliphatic heterocycles. The van der Waals surface area contributed by atoms with Crippen molar-refractivity contribution < 1.29 is 0 Å². The zero-order valence-electron chi connectivity index (χ0n) is 40.1. The summed E-state index contributed by atoms with van der Waals surface area (Å²) in [5.74, 6) is 1.80. The number of fused-ring (bicyclic) bond motifs is 10. The Hall–Kier alpha value is -9.97. The molecule has 0 bridgehead atoms. The van der Waals surface area contributed by atoms with Gasteiger partial charge in [0, 0.05) is 60.4 Å². The van der Waals surface area contributed by atoms with Gasteiger partial charge in [0.15, 0.2) is 17.5 Å². The minimum absolute atomic E-state index is 0.593. The van der Waals surface area contributed by atoms with E-state index < -0.39 is 0 Å². The minimum Gasteiger partial charge on any atom is -0.309 e. The number of hydrogen-bond acceptors (Lipinski definition) is 3. The highest BCUT2D eigenvalue weighted by Gasteiger charge is 2.29. The van der Waals surface area contributed by atoms with Gasteiger partial charge in [-0.15, -0.1) is 0 Å². The van der Waals surface area contributed by atoms with Crippen molar-refractivity contribution in [3.05, 3.63) is 261 Å². The topological polar surface area (TPSA) is 48.5 Å². The van der Waals surface area contributed by atoms with E-state index in [0.29, 0.717) is 17.5 Å². The third kappa shape index (κ3) is 6.47. The Bertz CT molecular complexity index is 4690. The molecule has 5 nitrogen and oxygen atoms in total. The molecular formula is C69H43N5. The van der Waals surface area contributed by atoms with E-state index in [9.17, 15) is 0 Å².